The normalized spacial score (nSPS) is 11.0. The first-order valence-corrected chi connectivity index (χ1v) is 9.64. The smallest absolute Gasteiger partial charge is 0.335 e. The van der Waals surface area contributed by atoms with Gasteiger partial charge in [-0.25, -0.2) is 4.79 Å². The molecule has 2 aromatic rings. The summed E-state index contributed by atoms with van der Waals surface area (Å²) in [6, 6.07) is 9.58. The summed E-state index contributed by atoms with van der Waals surface area (Å²) in [5, 5.41) is 9.70. The number of hydrogen-bond donors (Lipinski definition) is 1. The van der Waals surface area contributed by atoms with Crippen LogP contribution in [-0.2, 0) is 4.79 Å². The predicted molar refractivity (Wildman–Crippen MR) is 111 cm³/mol. The molecule has 0 fully saturated rings. The Morgan fingerprint density at radius 3 is 1.93 bits per heavy atom. The van der Waals surface area contributed by atoms with Crippen LogP contribution in [0.25, 0.3) is 11.1 Å². The number of aromatic carboxylic acids is 1. The van der Waals surface area contributed by atoms with Gasteiger partial charge in [0.15, 0.2) is 6.61 Å². The van der Waals surface area contributed by atoms with E-state index in [-0.39, 0.29) is 30.2 Å². The lowest BCUT2D eigenvalue weighted by Crippen LogP contribution is -2.44. The van der Waals surface area contributed by atoms with Crippen LogP contribution in [0.15, 0.2) is 36.4 Å². The first-order valence-electron chi connectivity index (χ1n) is 8.88. The van der Waals surface area contributed by atoms with E-state index in [0.717, 1.165) is 0 Å². The molecule has 0 atom stereocenters. The lowest BCUT2D eigenvalue weighted by molar-refractivity contribution is -0.136. The summed E-state index contributed by atoms with van der Waals surface area (Å²) in [6.45, 7) is 7.70. The maximum Gasteiger partial charge on any atom is 0.335 e. The first-order chi connectivity index (χ1) is 13.1. The monoisotopic (exact) mass is 423 g/mol. The number of halogens is 2. The number of ether oxygens (including phenoxy) is 1. The molecular formula is C21H23Cl2NO4. The van der Waals surface area contributed by atoms with E-state index in [9.17, 15) is 9.59 Å². The van der Waals surface area contributed by atoms with Crippen molar-refractivity contribution in [2.24, 2.45) is 0 Å². The van der Waals surface area contributed by atoms with Gasteiger partial charge in [-0.3, -0.25) is 4.79 Å². The standard InChI is InChI=1S/C21H23Cl2NO4/c1-12(2)24(13(3)4)19(25)11-28-16-9-17(22)20(18(23)10-16)14-5-7-15(8-6-14)21(26)27/h5-10,12-13H,11H2,1-4H3,(H,26,27). The molecule has 0 radical (unpaired) electrons. The van der Waals surface area contributed by atoms with E-state index in [1.54, 1.807) is 29.2 Å². The van der Waals surface area contributed by atoms with E-state index in [4.69, 9.17) is 33.0 Å². The maximum absolute atomic E-state index is 12.4. The maximum atomic E-state index is 12.4. The van der Waals surface area contributed by atoms with Crippen molar-refractivity contribution < 1.29 is 19.4 Å². The van der Waals surface area contributed by atoms with Gasteiger partial charge in [0, 0.05) is 17.6 Å². The van der Waals surface area contributed by atoms with Crippen LogP contribution in [0.4, 0.5) is 0 Å². The molecule has 0 saturated heterocycles. The minimum atomic E-state index is -1.01. The van der Waals surface area contributed by atoms with Gasteiger partial charge in [-0.15, -0.1) is 0 Å². The molecule has 0 saturated carbocycles. The number of rotatable bonds is 7. The van der Waals surface area contributed by atoms with Crippen LogP contribution in [0.5, 0.6) is 5.75 Å². The molecule has 0 spiro atoms. The zero-order valence-electron chi connectivity index (χ0n) is 16.2. The number of amides is 1. The average Bonchev–Trinajstić information content (AvgIpc) is 2.59. The fourth-order valence-electron chi connectivity index (χ4n) is 3.08. The summed E-state index contributed by atoms with van der Waals surface area (Å²) in [4.78, 5) is 25.2. The Kier molecular flexibility index (Phi) is 7.33. The van der Waals surface area contributed by atoms with Crippen LogP contribution in [-0.4, -0.2) is 40.6 Å². The number of nitrogens with zero attached hydrogens (tertiary/aromatic N) is 1. The Balaban J connectivity index is 2.19. The second-order valence-corrected chi connectivity index (χ2v) is 7.74. The van der Waals surface area contributed by atoms with Crippen molar-refractivity contribution >= 4 is 35.1 Å². The Hall–Kier alpha value is -2.24. The molecule has 0 aliphatic heterocycles. The molecule has 1 amide bonds. The van der Waals surface area contributed by atoms with Crippen molar-refractivity contribution in [2.75, 3.05) is 6.61 Å². The van der Waals surface area contributed by atoms with Gasteiger partial charge < -0.3 is 14.7 Å². The molecule has 28 heavy (non-hydrogen) atoms. The van der Waals surface area contributed by atoms with E-state index in [1.165, 1.54) is 12.1 Å². The third kappa shape index (κ3) is 5.18. The fourth-order valence-corrected chi connectivity index (χ4v) is 3.77. The molecule has 150 valence electrons. The van der Waals surface area contributed by atoms with Gasteiger partial charge in [-0.1, -0.05) is 35.3 Å². The molecule has 0 unspecified atom stereocenters. The van der Waals surface area contributed by atoms with E-state index >= 15 is 0 Å². The number of carbonyl (C=O) groups is 2. The minimum absolute atomic E-state index is 0.0689. The molecule has 0 bridgehead atoms. The Bertz CT molecular complexity index is 832. The van der Waals surface area contributed by atoms with Crippen molar-refractivity contribution in [3.8, 4) is 16.9 Å². The van der Waals surface area contributed by atoms with E-state index in [2.05, 4.69) is 0 Å². The zero-order chi connectivity index (χ0) is 21.0. The van der Waals surface area contributed by atoms with Gasteiger partial charge in [-0.2, -0.15) is 0 Å². The van der Waals surface area contributed by atoms with E-state index in [0.29, 0.717) is 26.9 Å². The number of carboxylic acids is 1. The van der Waals surface area contributed by atoms with Gasteiger partial charge in [0.2, 0.25) is 0 Å². The molecule has 2 rings (SSSR count). The van der Waals surface area contributed by atoms with Crippen LogP contribution in [0.1, 0.15) is 38.1 Å². The largest absolute Gasteiger partial charge is 0.484 e. The highest BCUT2D eigenvalue weighted by molar-refractivity contribution is 6.39. The average molecular weight is 424 g/mol. The molecule has 7 heteroatoms. The van der Waals surface area contributed by atoms with Gasteiger partial charge in [0.25, 0.3) is 5.91 Å². The molecule has 1 N–H and O–H groups in total. The summed E-state index contributed by atoms with van der Waals surface area (Å²) in [5.74, 6) is -0.735. The van der Waals surface area contributed by atoms with Gasteiger partial charge in [0.1, 0.15) is 5.75 Å². The summed E-state index contributed by atoms with van der Waals surface area (Å²) < 4.78 is 5.61. The lowest BCUT2D eigenvalue weighted by atomic mass is 10.0. The van der Waals surface area contributed by atoms with Gasteiger partial charge >= 0.3 is 5.97 Å². The number of hydrogen-bond acceptors (Lipinski definition) is 3. The zero-order valence-corrected chi connectivity index (χ0v) is 17.7. The van der Waals surface area contributed by atoms with E-state index in [1.807, 2.05) is 27.7 Å². The number of benzene rings is 2. The highest BCUT2D eigenvalue weighted by atomic mass is 35.5. The molecule has 0 heterocycles. The molecule has 2 aromatic carbocycles. The van der Waals surface area contributed by atoms with Crippen LogP contribution < -0.4 is 4.74 Å². The van der Waals surface area contributed by atoms with Crippen molar-refractivity contribution in [3.05, 3.63) is 52.0 Å². The second kappa shape index (κ2) is 9.30. The number of carbonyl (C=O) groups excluding carboxylic acids is 1. The van der Waals surface area contributed by atoms with E-state index < -0.39 is 5.97 Å². The highest BCUT2D eigenvalue weighted by Crippen LogP contribution is 2.38. The molecule has 0 aromatic heterocycles. The summed E-state index contributed by atoms with van der Waals surface area (Å²) in [5.41, 5.74) is 1.44. The van der Waals surface area contributed by atoms with Gasteiger partial charge in [0.05, 0.1) is 15.6 Å². The molecule has 0 aliphatic rings. The highest BCUT2D eigenvalue weighted by Gasteiger charge is 2.21. The predicted octanol–water partition coefficient (Wildman–Crippen LogP) is 5.38. The summed E-state index contributed by atoms with van der Waals surface area (Å²) in [7, 11) is 0. The van der Waals surface area contributed by atoms with Crippen LogP contribution >= 0.6 is 23.2 Å². The second-order valence-electron chi connectivity index (χ2n) is 6.92. The Morgan fingerprint density at radius 2 is 1.50 bits per heavy atom. The van der Waals surface area contributed by atoms with Crippen molar-refractivity contribution in [3.63, 3.8) is 0 Å². The number of carboxylic acid groups (broad SMARTS) is 1. The van der Waals surface area contributed by atoms with Crippen molar-refractivity contribution in [1.82, 2.24) is 4.90 Å². The van der Waals surface area contributed by atoms with Crippen molar-refractivity contribution in [1.29, 1.82) is 0 Å². The third-order valence-corrected chi connectivity index (χ3v) is 4.80. The Labute approximate surface area is 174 Å². The fraction of sp³-hybridized carbons (Fsp3) is 0.333. The first kappa shape index (κ1) is 22.1. The minimum Gasteiger partial charge on any atom is -0.484 e. The molecule has 5 nitrogen and oxygen atoms in total. The Morgan fingerprint density at radius 1 is 1.00 bits per heavy atom. The topological polar surface area (TPSA) is 66.8 Å². The molecule has 0 aliphatic carbocycles. The third-order valence-electron chi connectivity index (χ3n) is 4.20. The quantitative estimate of drug-likeness (QED) is 0.648. The van der Waals surface area contributed by atoms with Crippen LogP contribution in [0, 0.1) is 0 Å². The lowest BCUT2D eigenvalue weighted by Gasteiger charge is -2.30. The molecular weight excluding hydrogens is 401 g/mol. The van der Waals surface area contributed by atoms with Crippen molar-refractivity contribution in [2.45, 2.75) is 39.8 Å². The summed E-state index contributed by atoms with van der Waals surface area (Å²) in [6.07, 6.45) is 0. The van der Waals surface area contributed by atoms with Crippen LogP contribution in [0.2, 0.25) is 10.0 Å². The van der Waals surface area contributed by atoms with Gasteiger partial charge in [-0.05, 0) is 57.5 Å². The summed E-state index contributed by atoms with van der Waals surface area (Å²) >= 11 is 12.7. The van der Waals surface area contributed by atoms with Crippen LogP contribution in [0.3, 0.4) is 0 Å². The SMILES string of the molecule is CC(C)N(C(=O)COc1cc(Cl)c(-c2ccc(C(=O)O)cc2)c(Cl)c1)C(C)C.